The lowest BCUT2D eigenvalue weighted by Gasteiger charge is -2.38. The fourth-order valence-electron chi connectivity index (χ4n) is 5.40. The molecule has 0 aromatic heterocycles. The number of allylic oxidation sites excluding steroid dienone is 2. The zero-order valence-electron chi connectivity index (χ0n) is 17.8. The predicted octanol–water partition coefficient (Wildman–Crippen LogP) is 8.18. The lowest BCUT2D eigenvalue weighted by molar-refractivity contribution is -0.0696. The van der Waals surface area contributed by atoms with E-state index in [-0.39, 0.29) is 5.56 Å². The summed E-state index contributed by atoms with van der Waals surface area (Å²) in [5.74, 6) is 5.19. The molecule has 0 N–H and O–H groups in total. The van der Waals surface area contributed by atoms with E-state index in [9.17, 15) is 17.6 Å². The van der Waals surface area contributed by atoms with E-state index in [1.165, 1.54) is 63.5 Å². The van der Waals surface area contributed by atoms with Crippen molar-refractivity contribution in [2.24, 2.45) is 17.8 Å². The van der Waals surface area contributed by atoms with Crippen LogP contribution >= 0.6 is 0 Å². The third-order valence-corrected chi connectivity index (χ3v) is 7.11. The van der Waals surface area contributed by atoms with Gasteiger partial charge in [-0.25, -0.2) is 4.39 Å². The summed E-state index contributed by atoms with van der Waals surface area (Å²) in [6, 6.07) is 4.54. The van der Waals surface area contributed by atoms with Crippen LogP contribution in [-0.4, -0.2) is 6.18 Å². The molecule has 4 heteroatoms. The molecular weight excluding hydrogens is 388 g/mol. The Kier molecular flexibility index (Phi) is 8.03. The van der Waals surface area contributed by atoms with Crippen LogP contribution in [0.5, 0.6) is 0 Å². The summed E-state index contributed by atoms with van der Waals surface area (Å²) in [4.78, 5) is 0. The van der Waals surface area contributed by atoms with Crippen molar-refractivity contribution in [3.8, 4) is 11.8 Å². The minimum atomic E-state index is -4.60. The first-order chi connectivity index (χ1) is 14.4. The molecule has 0 nitrogen and oxygen atoms in total. The maximum absolute atomic E-state index is 14.2. The van der Waals surface area contributed by atoms with Gasteiger partial charge < -0.3 is 0 Å². The Morgan fingerprint density at radius 1 is 0.967 bits per heavy atom. The first-order valence-electron chi connectivity index (χ1n) is 11.4. The minimum Gasteiger partial charge on any atom is -0.206 e. The quantitative estimate of drug-likeness (QED) is 0.256. The Labute approximate surface area is 178 Å². The van der Waals surface area contributed by atoms with Gasteiger partial charge in [-0.2, -0.15) is 13.2 Å². The maximum atomic E-state index is 14.2. The van der Waals surface area contributed by atoms with Gasteiger partial charge in [0.2, 0.25) is 0 Å². The SMILES string of the molecule is C/C=C/CCC1CCC(C2CCC(c3ccc(C#CC(F)(F)F)c(F)c3)CC2)CC1. The molecule has 164 valence electrons. The van der Waals surface area contributed by atoms with Gasteiger partial charge in [-0.15, -0.1) is 0 Å². The summed E-state index contributed by atoms with van der Waals surface area (Å²) in [6.45, 7) is 2.08. The second kappa shape index (κ2) is 10.5. The highest BCUT2D eigenvalue weighted by Crippen LogP contribution is 2.44. The molecule has 0 radical (unpaired) electrons. The summed E-state index contributed by atoms with van der Waals surface area (Å²) in [5, 5.41) is 0. The number of rotatable bonds is 5. The zero-order valence-corrected chi connectivity index (χ0v) is 17.8. The average molecular weight is 421 g/mol. The second-order valence-corrected chi connectivity index (χ2v) is 9.03. The summed E-state index contributed by atoms with van der Waals surface area (Å²) in [7, 11) is 0. The van der Waals surface area contributed by atoms with Crippen molar-refractivity contribution in [3.63, 3.8) is 0 Å². The monoisotopic (exact) mass is 420 g/mol. The molecule has 2 fully saturated rings. The van der Waals surface area contributed by atoms with E-state index in [1.807, 2.05) is 5.92 Å². The van der Waals surface area contributed by atoms with E-state index in [4.69, 9.17) is 0 Å². The summed E-state index contributed by atoms with van der Waals surface area (Å²) >= 11 is 0. The molecule has 2 aliphatic carbocycles. The first kappa shape index (κ1) is 22.9. The molecule has 0 atom stereocenters. The third-order valence-electron chi connectivity index (χ3n) is 7.11. The molecule has 0 spiro atoms. The highest BCUT2D eigenvalue weighted by Gasteiger charge is 2.31. The molecule has 1 aromatic carbocycles. The molecular formula is C26H32F4. The second-order valence-electron chi connectivity index (χ2n) is 9.03. The largest absolute Gasteiger partial charge is 0.458 e. The van der Waals surface area contributed by atoms with Crippen molar-refractivity contribution in [1.29, 1.82) is 0 Å². The summed E-state index contributed by atoms with van der Waals surface area (Å²) in [5.41, 5.74) is 0.715. The van der Waals surface area contributed by atoms with Gasteiger partial charge in [0.15, 0.2) is 0 Å². The number of hydrogen-bond acceptors (Lipinski definition) is 0. The van der Waals surface area contributed by atoms with Gasteiger partial charge in [-0.3, -0.25) is 0 Å². The Morgan fingerprint density at radius 2 is 1.60 bits per heavy atom. The standard InChI is InChI=1S/C26H32F4/c1-2-3-4-5-19-6-8-20(9-7-19)21-10-12-22(13-11-21)24-15-14-23(25(27)18-24)16-17-26(28,29)30/h2-3,14-15,18-22H,4-13H2,1H3/b3-2+. The Hall–Kier alpha value is -1.76. The molecule has 30 heavy (non-hydrogen) atoms. The van der Waals surface area contributed by atoms with Crippen LogP contribution in [-0.2, 0) is 0 Å². The van der Waals surface area contributed by atoms with Crippen LogP contribution in [0.4, 0.5) is 17.6 Å². The van der Waals surface area contributed by atoms with E-state index in [1.54, 1.807) is 6.07 Å². The molecule has 0 saturated heterocycles. The molecule has 0 amide bonds. The zero-order chi connectivity index (χ0) is 21.6. The normalized spacial score (nSPS) is 27.6. The lowest BCUT2D eigenvalue weighted by Crippen LogP contribution is -2.25. The van der Waals surface area contributed by atoms with Crippen molar-refractivity contribution in [1.82, 2.24) is 0 Å². The van der Waals surface area contributed by atoms with Gasteiger partial charge in [0.1, 0.15) is 5.82 Å². The van der Waals surface area contributed by atoms with Crippen molar-refractivity contribution < 1.29 is 17.6 Å². The molecule has 2 aliphatic rings. The fourth-order valence-corrected chi connectivity index (χ4v) is 5.40. The van der Waals surface area contributed by atoms with Crippen LogP contribution < -0.4 is 0 Å². The van der Waals surface area contributed by atoms with Crippen LogP contribution in [0.3, 0.4) is 0 Å². The van der Waals surface area contributed by atoms with Crippen LogP contribution in [0.1, 0.15) is 88.2 Å². The maximum Gasteiger partial charge on any atom is 0.458 e. The third kappa shape index (κ3) is 6.62. The molecule has 1 aromatic rings. The average Bonchev–Trinajstić information content (AvgIpc) is 2.73. The lowest BCUT2D eigenvalue weighted by atomic mass is 9.68. The van der Waals surface area contributed by atoms with Crippen LogP contribution in [0.15, 0.2) is 30.4 Å². The number of benzene rings is 1. The Morgan fingerprint density at radius 3 is 2.17 bits per heavy atom. The fraction of sp³-hybridized carbons (Fsp3) is 0.615. The van der Waals surface area contributed by atoms with E-state index in [0.717, 1.165) is 42.1 Å². The van der Waals surface area contributed by atoms with Crippen molar-refractivity contribution in [2.75, 3.05) is 0 Å². The molecule has 3 rings (SSSR count). The molecule has 0 bridgehead atoms. The molecule has 0 heterocycles. The molecule has 0 aliphatic heterocycles. The van der Waals surface area contributed by atoms with Gasteiger partial charge in [-0.05, 0) is 99.7 Å². The van der Waals surface area contributed by atoms with E-state index in [0.29, 0.717) is 5.92 Å². The van der Waals surface area contributed by atoms with Crippen molar-refractivity contribution in [2.45, 2.75) is 83.2 Å². The number of alkyl halides is 3. The minimum absolute atomic E-state index is 0.184. The predicted molar refractivity (Wildman–Crippen MR) is 114 cm³/mol. The van der Waals surface area contributed by atoms with Gasteiger partial charge in [0.05, 0.1) is 5.56 Å². The topological polar surface area (TPSA) is 0 Å². The van der Waals surface area contributed by atoms with Crippen molar-refractivity contribution in [3.05, 3.63) is 47.3 Å². The molecule has 2 saturated carbocycles. The van der Waals surface area contributed by atoms with Gasteiger partial charge >= 0.3 is 6.18 Å². The van der Waals surface area contributed by atoms with Crippen LogP contribution in [0.25, 0.3) is 0 Å². The number of hydrogen-bond donors (Lipinski definition) is 0. The van der Waals surface area contributed by atoms with Gasteiger partial charge in [0.25, 0.3) is 0 Å². The van der Waals surface area contributed by atoms with E-state index < -0.39 is 12.0 Å². The first-order valence-corrected chi connectivity index (χ1v) is 11.4. The van der Waals surface area contributed by atoms with Gasteiger partial charge in [-0.1, -0.05) is 37.0 Å². The highest BCUT2D eigenvalue weighted by molar-refractivity contribution is 5.39. The van der Waals surface area contributed by atoms with Gasteiger partial charge in [0, 0.05) is 5.92 Å². The van der Waals surface area contributed by atoms with E-state index >= 15 is 0 Å². The van der Waals surface area contributed by atoms with Crippen LogP contribution in [0, 0.1) is 35.4 Å². The molecule has 0 unspecified atom stereocenters. The van der Waals surface area contributed by atoms with E-state index in [2.05, 4.69) is 19.1 Å². The highest BCUT2D eigenvalue weighted by atomic mass is 19.4. The Bertz CT molecular complexity index is 764. The summed E-state index contributed by atoms with van der Waals surface area (Å²) in [6.07, 6.45) is 12.2. The van der Waals surface area contributed by atoms with Crippen molar-refractivity contribution >= 4 is 0 Å². The Balaban J connectivity index is 1.49. The smallest absolute Gasteiger partial charge is 0.206 e. The van der Waals surface area contributed by atoms with Crippen LogP contribution in [0.2, 0.25) is 0 Å². The number of halogens is 4. The summed E-state index contributed by atoms with van der Waals surface area (Å²) < 4.78 is 50.9.